The summed E-state index contributed by atoms with van der Waals surface area (Å²) >= 11 is 0. The molecule has 0 radical (unpaired) electrons. The van der Waals surface area contributed by atoms with Gasteiger partial charge in [-0.15, -0.1) is 0 Å². The fourth-order valence-corrected chi connectivity index (χ4v) is 7.99. The molecule has 0 amide bonds. The van der Waals surface area contributed by atoms with E-state index in [-0.39, 0.29) is 0 Å². The van der Waals surface area contributed by atoms with Crippen LogP contribution in [0.4, 0.5) is 0 Å². The molecule has 0 bridgehead atoms. The topological polar surface area (TPSA) is 13.1 Å². The van der Waals surface area contributed by atoms with Gasteiger partial charge in [0.05, 0.1) is 0 Å². The van der Waals surface area contributed by atoms with Crippen LogP contribution in [0.3, 0.4) is 0 Å². The standard InChI is InChI=1S/C26H20OSi/c1-28(2)24-13-6-4-8-19(24)20-15-14-17(16-25(20)28)18-10-7-12-23-26(18)21-9-3-5-11-22(21)27-23/h3-16H,1-2H3. The predicted octanol–water partition coefficient (Wildman–Crippen LogP) is 6.06. The second-order valence-corrected chi connectivity index (χ2v) is 12.5. The zero-order valence-corrected chi connectivity index (χ0v) is 17.0. The summed E-state index contributed by atoms with van der Waals surface area (Å²) in [5, 5.41) is 5.49. The molecule has 0 spiro atoms. The third kappa shape index (κ3) is 2.01. The Hall–Kier alpha value is -3.10. The van der Waals surface area contributed by atoms with Crippen molar-refractivity contribution in [1.82, 2.24) is 0 Å². The highest BCUT2D eigenvalue weighted by Crippen LogP contribution is 2.38. The van der Waals surface area contributed by atoms with Gasteiger partial charge in [0.15, 0.2) is 0 Å². The summed E-state index contributed by atoms with van der Waals surface area (Å²) in [6.45, 7) is 4.94. The van der Waals surface area contributed by atoms with Crippen LogP contribution in [0.2, 0.25) is 13.1 Å². The average Bonchev–Trinajstić information content (AvgIpc) is 3.21. The molecule has 0 saturated carbocycles. The molecule has 0 aliphatic carbocycles. The van der Waals surface area contributed by atoms with Crippen LogP contribution < -0.4 is 10.4 Å². The van der Waals surface area contributed by atoms with E-state index in [0.717, 1.165) is 11.2 Å². The number of hydrogen-bond acceptors (Lipinski definition) is 1. The van der Waals surface area contributed by atoms with Crippen LogP contribution in [0.1, 0.15) is 0 Å². The lowest BCUT2D eigenvalue weighted by Gasteiger charge is -2.19. The highest BCUT2D eigenvalue weighted by Gasteiger charge is 2.37. The Morgan fingerprint density at radius 3 is 2.25 bits per heavy atom. The molecular weight excluding hydrogens is 356 g/mol. The van der Waals surface area contributed by atoms with Crippen molar-refractivity contribution in [3.8, 4) is 22.3 Å². The first-order valence-electron chi connectivity index (χ1n) is 9.79. The zero-order chi connectivity index (χ0) is 18.9. The molecule has 1 nitrogen and oxygen atoms in total. The van der Waals surface area contributed by atoms with Gasteiger partial charge in [0.1, 0.15) is 19.2 Å². The highest BCUT2D eigenvalue weighted by molar-refractivity contribution is 7.03. The van der Waals surface area contributed by atoms with Gasteiger partial charge in [-0.25, -0.2) is 0 Å². The van der Waals surface area contributed by atoms with Gasteiger partial charge < -0.3 is 4.42 Å². The molecule has 4 aromatic carbocycles. The van der Waals surface area contributed by atoms with E-state index in [9.17, 15) is 0 Å². The summed E-state index contributed by atoms with van der Waals surface area (Å²) in [7, 11) is -1.67. The van der Waals surface area contributed by atoms with Crippen molar-refractivity contribution in [1.29, 1.82) is 0 Å². The van der Waals surface area contributed by atoms with E-state index in [1.807, 2.05) is 6.07 Å². The predicted molar refractivity (Wildman–Crippen MR) is 121 cm³/mol. The van der Waals surface area contributed by atoms with E-state index in [4.69, 9.17) is 4.42 Å². The smallest absolute Gasteiger partial charge is 0.136 e. The fraction of sp³-hybridized carbons (Fsp3) is 0.0769. The molecule has 2 heteroatoms. The van der Waals surface area contributed by atoms with Gasteiger partial charge in [-0.1, -0.05) is 85.9 Å². The minimum atomic E-state index is -1.67. The molecule has 0 N–H and O–H groups in total. The first-order valence-corrected chi connectivity index (χ1v) is 12.8. The number of furan rings is 1. The van der Waals surface area contributed by atoms with Gasteiger partial charge in [-0.2, -0.15) is 0 Å². The Bertz CT molecular complexity index is 1390. The molecule has 0 fully saturated rings. The molecule has 6 rings (SSSR count). The molecule has 5 aromatic rings. The number of fused-ring (bicyclic) bond motifs is 6. The second-order valence-electron chi connectivity index (χ2n) is 8.21. The first kappa shape index (κ1) is 15.9. The molecular formula is C26H20OSi. The number of benzene rings is 4. The summed E-state index contributed by atoms with van der Waals surface area (Å²) in [5.41, 5.74) is 7.29. The van der Waals surface area contributed by atoms with Crippen molar-refractivity contribution < 1.29 is 4.42 Å². The summed E-state index contributed by atoms with van der Waals surface area (Å²) in [4.78, 5) is 0. The van der Waals surface area contributed by atoms with E-state index in [1.54, 1.807) is 5.19 Å². The molecule has 1 aliphatic rings. The third-order valence-electron chi connectivity index (χ3n) is 6.30. The molecule has 2 heterocycles. The zero-order valence-electron chi connectivity index (χ0n) is 16.0. The molecule has 0 saturated heterocycles. The lowest BCUT2D eigenvalue weighted by atomic mass is 9.97. The Morgan fingerprint density at radius 2 is 1.32 bits per heavy atom. The van der Waals surface area contributed by atoms with Crippen molar-refractivity contribution in [2.75, 3.05) is 0 Å². The minimum absolute atomic E-state index is 0.952. The van der Waals surface area contributed by atoms with Gasteiger partial charge in [-0.05, 0) is 44.8 Å². The molecule has 0 unspecified atom stereocenters. The highest BCUT2D eigenvalue weighted by atomic mass is 28.3. The van der Waals surface area contributed by atoms with E-state index >= 15 is 0 Å². The molecule has 1 aliphatic heterocycles. The number of para-hydroxylation sites is 1. The largest absolute Gasteiger partial charge is 0.456 e. The number of hydrogen-bond donors (Lipinski definition) is 0. The van der Waals surface area contributed by atoms with E-state index < -0.39 is 8.07 Å². The summed E-state index contributed by atoms with van der Waals surface area (Å²) < 4.78 is 6.11. The SMILES string of the molecule is C[Si]1(C)c2ccccc2-c2ccc(-c3cccc4oc5ccccc5c34)cc21. The first-order chi connectivity index (χ1) is 13.6. The van der Waals surface area contributed by atoms with Crippen LogP contribution in [-0.2, 0) is 0 Å². The number of rotatable bonds is 1. The maximum Gasteiger partial charge on any atom is 0.136 e. The summed E-state index contributed by atoms with van der Waals surface area (Å²) in [6, 6.07) is 30.7. The molecule has 1 aromatic heterocycles. The molecule has 0 atom stereocenters. The van der Waals surface area contributed by atoms with E-state index in [0.29, 0.717) is 0 Å². The van der Waals surface area contributed by atoms with Crippen LogP contribution in [0, 0.1) is 0 Å². The second kappa shape index (κ2) is 5.46. The minimum Gasteiger partial charge on any atom is -0.456 e. The molecule has 134 valence electrons. The van der Waals surface area contributed by atoms with Crippen LogP contribution in [-0.4, -0.2) is 8.07 Å². The third-order valence-corrected chi connectivity index (χ3v) is 9.84. The average molecular weight is 377 g/mol. The van der Waals surface area contributed by atoms with Crippen molar-refractivity contribution in [3.05, 3.63) is 84.9 Å². The van der Waals surface area contributed by atoms with Gasteiger partial charge >= 0.3 is 0 Å². The van der Waals surface area contributed by atoms with Crippen LogP contribution >= 0.6 is 0 Å². The van der Waals surface area contributed by atoms with Crippen LogP contribution in [0.5, 0.6) is 0 Å². The van der Waals surface area contributed by atoms with Crippen molar-refractivity contribution in [2.24, 2.45) is 0 Å². The monoisotopic (exact) mass is 376 g/mol. The Balaban J connectivity index is 1.64. The maximum absolute atomic E-state index is 6.11. The van der Waals surface area contributed by atoms with Gasteiger partial charge in [0, 0.05) is 10.8 Å². The van der Waals surface area contributed by atoms with Crippen molar-refractivity contribution in [2.45, 2.75) is 13.1 Å². The van der Waals surface area contributed by atoms with Gasteiger partial charge in [-0.3, -0.25) is 0 Å². The Kier molecular flexibility index (Phi) is 3.10. The fourth-order valence-electron chi connectivity index (χ4n) is 4.89. The van der Waals surface area contributed by atoms with E-state index in [2.05, 4.69) is 92.0 Å². The summed E-state index contributed by atoms with van der Waals surface area (Å²) in [6.07, 6.45) is 0. The quantitative estimate of drug-likeness (QED) is 0.324. The lowest BCUT2D eigenvalue weighted by Crippen LogP contribution is -2.49. The lowest BCUT2D eigenvalue weighted by molar-refractivity contribution is 0.669. The Morgan fingerprint density at radius 1 is 0.607 bits per heavy atom. The van der Waals surface area contributed by atoms with Crippen molar-refractivity contribution in [3.63, 3.8) is 0 Å². The normalized spacial score (nSPS) is 14.4. The summed E-state index contributed by atoms with van der Waals surface area (Å²) in [5.74, 6) is 0. The van der Waals surface area contributed by atoms with Crippen LogP contribution in [0.25, 0.3) is 44.2 Å². The maximum atomic E-state index is 6.11. The van der Waals surface area contributed by atoms with E-state index in [1.165, 1.54) is 38.2 Å². The van der Waals surface area contributed by atoms with Crippen LogP contribution in [0.15, 0.2) is 89.3 Å². The molecule has 28 heavy (non-hydrogen) atoms. The van der Waals surface area contributed by atoms with Gasteiger partial charge in [0.2, 0.25) is 0 Å². The van der Waals surface area contributed by atoms with Gasteiger partial charge in [0.25, 0.3) is 0 Å². The van der Waals surface area contributed by atoms with Crippen molar-refractivity contribution >= 4 is 40.4 Å². The Labute approximate surface area is 165 Å².